The van der Waals surface area contributed by atoms with E-state index in [0.717, 1.165) is 11.1 Å². The lowest BCUT2D eigenvalue weighted by atomic mass is 10.1. The Kier molecular flexibility index (Phi) is 4.41. The lowest BCUT2D eigenvalue weighted by molar-refractivity contribution is 0.102. The number of fused-ring (bicyclic) bond motifs is 1. The number of rotatable bonds is 4. The molecule has 4 rings (SSSR count). The number of para-hydroxylation sites is 1. The number of carbonyl (C=O) groups excluding carboxylic acids is 1. The fourth-order valence-electron chi connectivity index (χ4n) is 3.09. The highest BCUT2D eigenvalue weighted by molar-refractivity contribution is 6.08. The van der Waals surface area contributed by atoms with Crippen LogP contribution in [0.3, 0.4) is 0 Å². The number of nitrogens with zero attached hydrogens (tertiary/aromatic N) is 2. The number of amides is 1. The summed E-state index contributed by atoms with van der Waals surface area (Å²) in [4.78, 5) is 27.9. The zero-order valence-corrected chi connectivity index (χ0v) is 15.1. The van der Waals surface area contributed by atoms with Crippen LogP contribution in [0.1, 0.15) is 21.5 Å². The first-order chi connectivity index (χ1) is 13.5. The number of hydrogen-bond donors (Lipinski definition) is 3. The molecule has 7 heteroatoms. The molecule has 2 aromatic heterocycles. The van der Waals surface area contributed by atoms with Crippen molar-refractivity contribution in [1.82, 2.24) is 14.8 Å². The molecule has 2 heterocycles. The molecule has 0 aliphatic rings. The first-order valence-electron chi connectivity index (χ1n) is 8.76. The number of aryl methyl sites for hydroxylation is 1. The number of aromatic nitrogens is 3. The minimum atomic E-state index is -0.675. The summed E-state index contributed by atoms with van der Waals surface area (Å²) >= 11 is 0. The fourth-order valence-corrected chi connectivity index (χ4v) is 3.09. The highest BCUT2D eigenvalue weighted by Crippen LogP contribution is 2.26. The maximum Gasteiger partial charge on any atom is 0.266 e. The van der Waals surface area contributed by atoms with Gasteiger partial charge in [0.2, 0.25) is 0 Å². The van der Waals surface area contributed by atoms with E-state index >= 15 is 0 Å². The van der Waals surface area contributed by atoms with Gasteiger partial charge in [-0.3, -0.25) is 9.59 Å². The quantitative estimate of drug-likeness (QED) is 0.511. The van der Waals surface area contributed by atoms with Crippen molar-refractivity contribution in [1.29, 1.82) is 0 Å². The first-order valence-corrected chi connectivity index (χ1v) is 8.76. The van der Waals surface area contributed by atoms with Crippen LogP contribution < -0.4 is 10.9 Å². The maximum absolute atomic E-state index is 12.6. The second kappa shape index (κ2) is 7.03. The molecule has 0 spiro atoms. The summed E-state index contributed by atoms with van der Waals surface area (Å²) in [5.74, 6) is -1.06. The SMILES string of the molecule is Cc1ccccc1NC(=O)c1c(O)c2cnn(Cc3ccccc3)c2[nH]c1=O. The average Bonchev–Trinajstić information content (AvgIpc) is 3.07. The van der Waals surface area contributed by atoms with E-state index in [1.807, 2.05) is 49.4 Å². The van der Waals surface area contributed by atoms with Crippen LogP contribution >= 0.6 is 0 Å². The molecule has 0 bridgehead atoms. The molecule has 4 aromatic rings. The topological polar surface area (TPSA) is 100 Å². The molecule has 1 amide bonds. The number of benzene rings is 2. The zero-order chi connectivity index (χ0) is 19.7. The van der Waals surface area contributed by atoms with Crippen LogP contribution in [0.15, 0.2) is 65.6 Å². The molecule has 0 unspecified atom stereocenters. The Balaban J connectivity index is 1.72. The summed E-state index contributed by atoms with van der Waals surface area (Å²) in [6, 6.07) is 16.8. The van der Waals surface area contributed by atoms with Crippen LogP contribution in [0.4, 0.5) is 5.69 Å². The second-order valence-corrected chi connectivity index (χ2v) is 6.50. The molecule has 0 radical (unpaired) electrons. The van der Waals surface area contributed by atoms with Gasteiger partial charge in [-0.15, -0.1) is 0 Å². The van der Waals surface area contributed by atoms with Crippen LogP contribution in [-0.2, 0) is 6.54 Å². The van der Waals surface area contributed by atoms with Crippen molar-refractivity contribution in [3.05, 3.63) is 87.8 Å². The summed E-state index contributed by atoms with van der Waals surface area (Å²) in [5.41, 5.74) is 1.77. The van der Waals surface area contributed by atoms with Gasteiger partial charge in [-0.2, -0.15) is 5.10 Å². The third kappa shape index (κ3) is 3.14. The minimum absolute atomic E-state index is 0.311. The van der Waals surface area contributed by atoms with E-state index in [2.05, 4.69) is 15.4 Å². The molecule has 0 atom stereocenters. The van der Waals surface area contributed by atoms with Crippen molar-refractivity contribution in [3.63, 3.8) is 0 Å². The lowest BCUT2D eigenvalue weighted by Gasteiger charge is -2.09. The van der Waals surface area contributed by atoms with E-state index in [1.165, 1.54) is 6.20 Å². The van der Waals surface area contributed by atoms with Crippen LogP contribution in [0.25, 0.3) is 11.0 Å². The van der Waals surface area contributed by atoms with E-state index in [-0.39, 0.29) is 11.3 Å². The van der Waals surface area contributed by atoms with Crippen molar-refractivity contribution >= 4 is 22.6 Å². The van der Waals surface area contributed by atoms with E-state index < -0.39 is 11.5 Å². The molecule has 0 saturated heterocycles. The predicted octanol–water partition coefficient (Wildman–Crippen LogP) is 3.04. The molecular weight excluding hydrogens is 356 g/mol. The Morgan fingerprint density at radius 3 is 2.61 bits per heavy atom. The van der Waals surface area contributed by atoms with Gasteiger partial charge in [-0.25, -0.2) is 4.68 Å². The monoisotopic (exact) mass is 374 g/mol. The van der Waals surface area contributed by atoms with Gasteiger partial charge in [0.1, 0.15) is 17.0 Å². The Bertz CT molecular complexity index is 1230. The van der Waals surface area contributed by atoms with Gasteiger partial charge < -0.3 is 15.4 Å². The van der Waals surface area contributed by atoms with Gasteiger partial charge in [0, 0.05) is 5.69 Å². The van der Waals surface area contributed by atoms with Crippen molar-refractivity contribution in [2.24, 2.45) is 0 Å². The molecule has 3 N–H and O–H groups in total. The number of hydrogen-bond acceptors (Lipinski definition) is 4. The summed E-state index contributed by atoms with van der Waals surface area (Å²) in [5, 5.41) is 17.8. The van der Waals surface area contributed by atoms with Gasteiger partial charge in [0.15, 0.2) is 0 Å². The number of pyridine rings is 1. The Morgan fingerprint density at radius 2 is 1.86 bits per heavy atom. The highest BCUT2D eigenvalue weighted by atomic mass is 16.3. The maximum atomic E-state index is 12.6. The molecule has 0 aliphatic heterocycles. The summed E-state index contributed by atoms with van der Waals surface area (Å²) in [6.45, 7) is 2.27. The largest absolute Gasteiger partial charge is 0.506 e. The second-order valence-electron chi connectivity index (χ2n) is 6.50. The molecule has 28 heavy (non-hydrogen) atoms. The standard InChI is InChI=1S/C21H18N4O3/c1-13-7-5-6-10-16(13)23-20(27)17-18(26)15-11-22-25(19(15)24-21(17)28)12-14-8-3-2-4-9-14/h2-11H,12H2,1H3,(H,23,27)(H2,24,26,28). The van der Waals surface area contributed by atoms with Gasteiger partial charge in [0.25, 0.3) is 11.5 Å². The number of H-pyrrole nitrogens is 1. The van der Waals surface area contributed by atoms with E-state index in [0.29, 0.717) is 23.3 Å². The Morgan fingerprint density at radius 1 is 1.14 bits per heavy atom. The smallest absolute Gasteiger partial charge is 0.266 e. The number of aromatic hydroxyl groups is 1. The van der Waals surface area contributed by atoms with Crippen LogP contribution in [-0.4, -0.2) is 25.8 Å². The average molecular weight is 374 g/mol. The molecule has 0 saturated carbocycles. The van der Waals surface area contributed by atoms with E-state index in [4.69, 9.17) is 0 Å². The van der Waals surface area contributed by atoms with Gasteiger partial charge in [0.05, 0.1) is 18.1 Å². The molecule has 140 valence electrons. The van der Waals surface area contributed by atoms with Crippen molar-refractivity contribution in [3.8, 4) is 5.75 Å². The minimum Gasteiger partial charge on any atom is -0.506 e. The molecule has 0 aliphatic carbocycles. The predicted molar refractivity (Wildman–Crippen MR) is 107 cm³/mol. The Hall–Kier alpha value is -3.87. The first kappa shape index (κ1) is 17.5. The molecule has 7 nitrogen and oxygen atoms in total. The van der Waals surface area contributed by atoms with Gasteiger partial charge in [-0.05, 0) is 24.1 Å². The number of aromatic amines is 1. The third-order valence-corrected chi connectivity index (χ3v) is 4.59. The molecular formula is C21H18N4O3. The number of carbonyl (C=O) groups is 1. The van der Waals surface area contributed by atoms with E-state index in [1.54, 1.807) is 16.8 Å². The van der Waals surface area contributed by atoms with Crippen molar-refractivity contribution in [2.45, 2.75) is 13.5 Å². The third-order valence-electron chi connectivity index (χ3n) is 4.59. The van der Waals surface area contributed by atoms with Gasteiger partial charge >= 0.3 is 0 Å². The summed E-state index contributed by atoms with van der Waals surface area (Å²) in [6.07, 6.45) is 1.44. The van der Waals surface area contributed by atoms with Crippen molar-refractivity contribution in [2.75, 3.05) is 5.32 Å². The van der Waals surface area contributed by atoms with Crippen LogP contribution in [0.2, 0.25) is 0 Å². The Labute approximate surface area is 160 Å². The summed E-state index contributed by atoms with van der Waals surface area (Å²) < 4.78 is 1.58. The zero-order valence-electron chi connectivity index (χ0n) is 15.1. The van der Waals surface area contributed by atoms with Gasteiger partial charge in [-0.1, -0.05) is 48.5 Å². The van der Waals surface area contributed by atoms with E-state index in [9.17, 15) is 14.7 Å². The number of anilines is 1. The van der Waals surface area contributed by atoms with Crippen LogP contribution in [0.5, 0.6) is 5.75 Å². The molecule has 0 fully saturated rings. The highest BCUT2D eigenvalue weighted by Gasteiger charge is 2.22. The number of nitrogens with one attached hydrogen (secondary N) is 2. The normalized spacial score (nSPS) is 10.9. The van der Waals surface area contributed by atoms with Crippen LogP contribution in [0, 0.1) is 6.92 Å². The van der Waals surface area contributed by atoms with Crippen molar-refractivity contribution < 1.29 is 9.90 Å². The fraction of sp³-hybridized carbons (Fsp3) is 0.0952. The molecule has 2 aromatic carbocycles. The lowest BCUT2D eigenvalue weighted by Crippen LogP contribution is -2.24. The summed E-state index contributed by atoms with van der Waals surface area (Å²) in [7, 11) is 0.